The van der Waals surface area contributed by atoms with Crippen LogP contribution in [0.2, 0.25) is 0 Å². The van der Waals surface area contributed by atoms with Crippen molar-refractivity contribution < 1.29 is 14.6 Å². The Hall–Kier alpha value is -2.49. The van der Waals surface area contributed by atoms with Gasteiger partial charge >= 0.3 is 5.97 Å². The van der Waals surface area contributed by atoms with E-state index < -0.39 is 0 Å². The summed E-state index contributed by atoms with van der Waals surface area (Å²) in [6.45, 7) is 0.152. The first-order valence-corrected chi connectivity index (χ1v) is 6.35. The van der Waals surface area contributed by atoms with E-state index in [4.69, 9.17) is 0 Å². The number of aromatic hydroxyl groups is 1. The molecule has 0 unspecified atom stereocenters. The molecule has 0 aliphatic carbocycles. The van der Waals surface area contributed by atoms with Crippen LogP contribution in [0.4, 0.5) is 5.69 Å². The maximum absolute atomic E-state index is 11.1. The number of methoxy groups -OCH3 is 1. The summed E-state index contributed by atoms with van der Waals surface area (Å²) in [6.07, 6.45) is 0.772. The van der Waals surface area contributed by atoms with Crippen LogP contribution in [0.3, 0.4) is 0 Å². The lowest BCUT2D eigenvalue weighted by Gasteiger charge is -2.08. The summed E-state index contributed by atoms with van der Waals surface area (Å²) in [6, 6.07) is 15.0. The van der Waals surface area contributed by atoms with Gasteiger partial charge in [0.25, 0.3) is 0 Å². The van der Waals surface area contributed by atoms with Gasteiger partial charge in [0.2, 0.25) is 0 Å². The van der Waals surface area contributed by atoms with Crippen molar-refractivity contribution in [3.05, 3.63) is 59.7 Å². The van der Waals surface area contributed by atoms with Gasteiger partial charge in [-0.15, -0.1) is 0 Å². The second-order valence-electron chi connectivity index (χ2n) is 4.47. The third-order valence-electron chi connectivity index (χ3n) is 2.94. The standard InChI is InChI=1S/C16H17NO3/c1-20-16(19)11-17-14-4-2-3-13(10-14)9-12-5-7-15(18)8-6-12/h2-8,10,17-18H,9,11H2,1H3. The van der Waals surface area contributed by atoms with Gasteiger partial charge in [-0.3, -0.25) is 4.79 Å². The van der Waals surface area contributed by atoms with E-state index in [9.17, 15) is 9.90 Å². The molecule has 0 aliphatic heterocycles. The number of hydrogen-bond acceptors (Lipinski definition) is 4. The van der Waals surface area contributed by atoms with Crippen molar-refractivity contribution >= 4 is 11.7 Å². The van der Waals surface area contributed by atoms with Gasteiger partial charge in [0, 0.05) is 5.69 Å². The van der Waals surface area contributed by atoms with Gasteiger partial charge in [-0.1, -0.05) is 24.3 Å². The van der Waals surface area contributed by atoms with Crippen LogP contribution in [0.1, 0.15) is 11.1 Å². The third kappa shape index (κ3) is 4.02. The first-order valence-electron chi connectivity index (χ1n) is 6.35. The van der Waals surface area contributed by atoms with Crippen LogP contribution < -0.4 is 5.32 Å². The van der Waals surface area contributed by atoms with Gasteiger partial charge < -0.3 is 15.2 Å². The molecule has 0 spiro atoms. The molecular weight excluding hydrogens is 254 g/mol. The molecule has 0 saturated heterocycles. The topological polar surface area (TPSA) is 58.6 Å². The lowest BCUT2D eigenvalue weighted by molar-refractivity contribution is -0.138. The van der Waals surface area contributed by atoms with Crippen LogP contribution in [0.5, 0.6) is 5.75 Å². The van der Waals surface area contributed by atoms with E-state index in [2.05, 4.69) is 10.1 Å². The predicted molar refractivity (Wildman–Crippen MR) is 77.9 cm³/mol. The fourth-order valence-electron chi connectivity index (χ4n) is 1.89. The van der Waals surface area contributed by atoms with Gasteiger partial charge in [0.1, 0.15) is 12.3 Å². The van der Waals surface area contributed by atoms with Crippen LogP contribution in [0.15, 0.2) is 48.5 Å². The van der Waals surface area contributed by atoms with Gasteiger partial charge in [-0.05, 0) is 41.8 Å². The average Bonchev–Trinajstić information content (AvgIpc) is 2.47. The molecule has 2 aromatic carbocycles. The highest BCUT2D eigenvalue weighted by molar-refractivity contribution is 5.74. The molecule has 0 amide bonds. The third-order valence-corrected chi connectivity index (χ3v) is 2.94. The van der Waals surface area contributed by atoms with Crippen molar-refractivity contribution in [1.29, 1.82) is 0 Å². The van der Waals surface area contributed by atoms with E-state index in [1.807, 2.05) is 36.4 Å². The van der Waals surface area contributed by atoms with Crippen molar-refractivity contribution in [1.82, 2.24) is 0 Å². The minimum absolute atomic E-state index is 0.152. The monoisotopic (exact) mass is 271 g/mol. The summed E-state index contributed by atoms with van der Waals surface area (Å²) in [5.41, 5.74) is 3.13. The number of ether oxygens (including phenoxy) is 1. The van der Waals surface area contributed by atoms with Gasteiger partial charge in [0.15, 0.2) is 0 Å². The normalized spacial score (nSPS) is 10.1. The number of anilines is 1. The number of rotatable bonds is 5. The number of nitrogens with one attached hydrogen (secondary N) is 1. The number of hydrogen-bond donors (Lipinski definition) is 2. The lowest BCUT2D eigenvalue weighted by atomic mass is 10.0. The van der Waals surface area contributed by atoms with E-state index in [0.717, 1.165) is 23.2 Å². The van der Waals surface area contributed by atoms with E-state index in [-0.39, 0.29) is 18.3 Å². The van der Waals surface area contributed by atoms with Gasteiger partial charge in [0.05, 0.1) is 7.11 Å². The molecule has 2 rings (SSSR count). The number of esters is 1. The maximum Gasteiger partial charge on any atom is 0.325 e. The van der Waals surface area contributed by atoms with Crippen molar-refractivity contribution in [3.63, 3.8) is 0 Å². The maximum atomic E-state index is 11.1. The van der Waals surface area contributed by atoms with Crippen LogP contribution in [0.25, 0.3) is 0 Å². The Bertz CT molecular complexity index is 579. The molecule has 2 N–H and O–H groups in total. The zero-order valence-electron chi connectivity index (χ0n) is 11.3. The van der Waals surface area contributed by atoms with Crippen molar-refractivity contribution in [2.45, 2.75) is 6.42 Å². The lowest BCUT2D eigenvalue weighted by Crippen LogP contribution is -2.14. The highest BCUT2D eigenvalue weighted by Crippen LogP contribution is 2.16. The van der Waals surface area contributed by atoms with Crippen LogP contribution in [-0.2, 0) is 16.0 Å². The summed E-state index contributed by atoms with van der Waals surface area (Å²) in [7, 11) is 1.37. The van der Waals surface area contributed by atoms with E-state index in [1.165, 1.54) is 7.11 Å². The Morgan fingerprint density at radius 2 is 1.90 bits per heavy atom. The second kappa shape index (κ2) is 6.61. The number of carbonyl (C=O) groups is 1. The Morgan fingerprint density at radius 1 is 1.15 bits per heavy atom. The molecule has 4 nitrogen and oxygen atoms in total. The first kappa shape index (κ1) is 13.9. The SMILES string of the molecule is COC(=O)CNc1cccc(Cc2ccc(O)cc2)c1. The zero-order valence-corrected chi connectivity index (χ0v) is 11.3. The van der Waals surface area contributed by atoms with Crippen LogP contribution >= 0.6 is 0 Å². The molecule has 0 radical (unpaired) electrons. The second-order valence-corrected chi connectivity index (χ2v) is 4.47. The number of carbonyl (C=O) groups excluding carboxylic acids is 1. The van der Waals surface area contributed by atoms with Crippen LogP contribution in [-0.4, -0.2) is 24.7 Å². The predicted octanol–water partition coefficient (Wildman–Crippen LogP) is 2.57. The molecule has 0 aromatic heterocycles. The Kier molecular flexibility index (Phi) is 4.60. The average molecular weight is 271 g/mol. The highest BCUT2D eigenvalue weighted by atomic mass is 16.5. The summed E-state index contributed by atoms with van der Waals surface area (Å²) < 4.78 is 4.58. The van der Waals surface area contributed by atoms with E-state index in [1.54, 1.807) is 12.1 Å². The van der Waals surface area contributed by atoms with Crippen LogP contribution in [0, 0.1) is 0 Å². The number of phenols is 1. The van der Waals surface area contributed by atoms with Gasteiger partial charge in [-0.2, -0.15) is 0 Å². The molecule has 104 valence electrons. The molecule has 0 fully saturated rings. The van der Waals surface area contributed by atoms with E-state index in [0.29, 0.717) is 0 Å². The Balaban J connectivity index is 2.02. The van der Waals surface area contributed by atoms with Gasteiger partial charge in [-0.25, -0.2) is 0 Å². The highest BCUT2D eigenvalue weighted by Gasteiger charge is 2.01. The molecule has 0 saturated carbocycles. The molecule has 2 aromatic rings. The molecule has 20 heavy (non-hydrogen) atoms. The Labute approximate surface area is 118 Å². The smallest absolute Gasteiger partial charge is 0.325 e. The summed E-state index contributed by atoms with van der Waals surface area (Å²) in [5, 5.41) is 12.3. The zero-order chi connectivity index (χ0) is 14.4. The fourth-order valence-corrected chi connectivity index (χ4v) is 1.89. The van der Waals surface area contributed by atoms with Crippen molar-refractivity contribution in [2.24, 2.45) is 0 Å². The molecular formula is C16H17NO3. The molecule has 0 aliphatic rings. The van der Waals surface area contributed by atoms with Crippen molar-refractivity contribution in [2.75, 3.05) is 19.0 Å². The molecule has 0 heterocycles. The molecule has 0 atom stereocenters. The first-order chi connectivity index (χ1) is 9.67. The summed E-state index contributed by atoms with van der Waals surface area (Å²) in [4.78, 5) is 11.1. The van der Waals surface area contributed by atoms with E-state index >= 15 is 0 Å². The molecule has 4 heteroatoms. The minimum atomic E-state index is -0.297. The van der Waals surface area contributed by atoms with Crippen molar-refractivity contribution in [3.8, 4) is 5.75 Å². The Morgan fingerprint density at radius 3 is 2.60 bits per heavy atom. The quantitative estimate of drug-likeness (QED) is 0.821. The minimum Gasteiger partial charge on any atom is -0.508 e. The summed E-state index contributed by atoms with van der Waals surface area (Å²) >= 11 is 0. The number of benzene rings is 2. The fraction of sp³-hybridized carbons (Fsp3) is 0.188. The largest absolute Gasteiger partial charge is 0.508 e. The summed E-state index contributed by atoms with van der Waals surface area (Å²) in [5.74, 6) is -0.0313. The molecule has 0 bridgehead atoms. The number of phenolic OH excluding ortho intramolecular Hbond substituents is 1.